The second kappa shape index (κ2) is 10.1. The first-order valence-corrected chi connectivity index (χ1v) is 6.26. The van der Waals surface area contributed by atoms with Crippen molar-refractivity contribution < 1.29 is 70.9 Å². The van der Waals surface area contributed by atoms with Crippen LogP contribution in [-0.4, -0.2) is 31.1 Å². The summed E-state index contributed by atoms with van der Waals surface area (Å²) in [5.74, 6) is -0.683. The Morgan fingerprint density at radius 1 is 1.38 bits per heavy atom. The second-order valence-electron chi connectivity index (χ2n) is 4.22. The van der Waals surface area contributed by atoms with Crippen LogP contribution >= 0.6 is 0 Å². The van der Waals surface area contributed by atoms with Crippen molar-refractivity contribution in [3.63, 3.8) is 0 Å². The summed E-state index contributed by atoms with van der Waals surface area (Å²) in [5, 5.41) is 21.4. The summed E-state index contributed by atoms with van der Waals surface area (Å²) in [5.41, 5.74) is 0.458. The number of aliphatic carboxylic acids is 1. The number of hydrogen-bond acceptors (Lipinski definition) is 6. The molecule has 0 unspecified atom stereocenters. The van der Waals surface area contributed by atoms with Gasteiger partial charge in [-0.25, -0.2) is 0 Å². The first kappa shape index (κ1) is 20.3. The molecular formula is C13H17KN2O5. The number of nitrogens with zero attached hydrogens (tertiary/aromatic N) is 2. The molecule has 0 fully saturated rings. The Morgan fingerprint density at radius 2 is 2.05 bits per heavy atom. The number of methoxy groups -OCH3 is 1. The Labute approximate surface area is 165 Å². The van der Waals surface area contributed by atoms with Gasteiger partial charge in [0, 0.05) is 37.6 Å². The van der Waals surface area contributed by atoms with Gasteiger partial charge in [-0.05, 0) is 12.5 Å². The average molecular weight is 320 g/mol. The molecule has 0 aliphatic carbocycles. The monoisotopic (exact) mass is 320 g/mol. The van der Waals surface area contributed by atoms with Gasteiger partial charge in [0.1, 0.15) is 5.75 Å². The molecule has 0 radical (unpaired) electrons. The van der Waals surface area contributed by atoms with Crippen molar-refractivity contribution in [1.82, 2.24) is 0 Å². The molecule has 0 bridgehead atoms. The molecule has 0 spiro atoms. The maximum Gasteiger partial charge on any atom is 1.00 e. The summed E-state index contributed by atoms with van der Waals surface area (Å²) in [7, 11) is 1.47. The SMILES string of the molecule is CCCN(CCC(=O)[O-])c1cc([N+](=O)[O-])ccc1OC.[K+]. The molecule has 21 heavy (non-hydrogen) atoms. The van der Waals surface area contributed by atoms with Crippen LogP contribution in [0, 0.1) is 10.1 Å². The Hall–Kier alpha value is -0.674. The number of rotatable bonds is 8. The topological polar surface area (TPSA) is 95.7 Å². The van der Waals surface area contributed by atoms with E-state index < -0.39 is 10.9 Å². The molecule has 8 heteroatoms. The molecular weight excluding hydrogens is 303 g/mol. The number of nitro groups is 1. The number of benzene rings is 1. The maximum atomic E-state index is 10.8. The largest absolute Gasteiger partial charge is 1.00 e. The summed E-state index contributed by atoms with van der Waals surface area (Å²) in [4.78, 5) is 22.7. The van der Waals surface area contributed by atoms with Gasteiger partial charge in [-0.3, -0.25) is 10.1 Å². The van der Waals surface area contributed by atoms with E-state index in [1.165, 1.54) is 25.3 Å². The third kappa shape index (κ3) is 6.31. The Balaban J connectivity index is 0.00000400. The number of carbonyl (C=O) groups is 1. The Kier molecular flexibility index (Phi) is 9.79. The fraction of sp³-hybridized carbons (Fsp3) is 0.462. The number of carbonyl (C=O) groups excluding carboxylic acids is 1. The zero-order valence-electron chi connectivity index (χ0n) is 12.5. The van der Waals surface area contributed by atoms with Crippen molar-refractivity contribution in [3.05, 3.63) is 28.3 Å². The number of hydrogen-bond donors (Lipinski definition) is 0. The van der Waals surface area contributed by atoms with Gasteiger partial charge >= 0.3 is 51.4 Å². The van der Waals surface area contributed by atoms with Crippen LogP contribution in [-0.2, 0) is 4.79 Å². The minimum Gasteiger partial charge on any atom is -0.550 e. The van der Waals surface area contributed by atoms with Crippen LogP contribution in [0.4, 0.5) is 11.4 Å². The maximum absolute atomic E-state index is 10.8. The molecule has 0 heterocycles. The molecule has 0 saturated carbocycles. The fourth-order valence-electron chi connectivity index (χ4n) is 1.89. The van der Waals surface area contributed by atoms with Crippen LogP contribution in [0.1, 0.15) is 19.8 Å². The number of anilines is 1. The van der Waals surface area contributed by atoms with Crippen LogP contribution in [0.15, 0.2) is 18.2 Å². The number of nitro benzene ring substituents is 1. The predicted molar refractivity (Wildman–Crippen MR) is 71.8 cm³/mol. The molecule has 1 rings (SSSR count). The third-order valence-corrected chi connectivity index (χ3v) is 2.79. The van der Waals surface area contributed by atoms with Gasteiger partial charge in [0.25, 0.3) is 5.69 Å². The van der Waals surface area contributed by atoms with E-state index >= 15 is 0 Å². The standard InChI is InChI=1S/C13H18N2O5.K/c1-3-7-14(8-6-13(16)17)11-9-10(15(18)19)4-5-12(11)20-2;/h4-5,9H,3,6-8H2,1-2H3,(H,16,17);/q;+1/p-1. The number of carboxylic acid groups (broad SMARTS) is 1. The zero-order chi connectivity index (χ0) is 15.1. The number of carboxylic acids is 1. The molecule has 0 amide bonds. The van der Waals surface area contributed by atoms with Crippen LogP contribution < -0.4 is 66.1 Å². The molecule has 0 atom stereocenters. The molecule has 0 saturated heterocycles. The van der Waals surface area contributed by atoms with Crippen molar-refractivity contribution in [1.29, 1.82) is 0 Å². The average Bonchev–Trinajstić information content (AvgIpc) is 2.42. The van der Waals surface area contributed by atoms with Crippen LogP contribution in [0.5, 0.6) is 5.75 Å². The zero-order valence-corrected chi connectivity index (χ0v) is 15.6. The first-order chi connectivity index (χ1) is 9.49. The summed E-state index contributed by atoms with van der Waals surface area (Å²) in [6.45, 7) is 2.73. The van der Waals surface area contributed by atoms with E-state index in [-0.39, 0.29) is 70.0 Å². The summed E-state index contributed by atoms with van der Waals surface area (Å²) < 4.78 is 5.19. The van der Waals surface area contributed by atoms with Gasteiger partial charge in [-0.15, -0.1) is 0 Å². The van der Waals surface area contributed by atoms with E-state index in [0.717, 1.165) is 6.42 Å². The van der Waals surface area contributed by atoms with Crippen molar-refractivity contribution in [3.8, 4) is 5.75 Å². The van der Waals surface area contributed by atoms with Gasteiger partial charge in [0.2, 0.25) is 0 Å². The van der Waals surface area contributed by atoms with Crippen LogP contribution in [0.3, 0.4) is 0 Å². The summed E-state index contributed by atoms with van der Waals surface area (Å²) >= 11 is 0. The van der Waals surface area contributed by atoms with E-state index in [1.807, 2.05) is 6.92 Å². The minimum atomic E-state index is -1.16. The molecule has 1 aromatic carbocycles. The minimum absolute atomic E-state index is 0. The van der Waals surface area contributed by atoms with E-state index in [2.05, 4.69) is 0 Å². The van der Waals surface area contributed by atoms with Crippen molar-refractivity contribution >= 4 is 17.3 Å². The molecule has 1 aromatic rings. The smallest absolute Gasteiger partial charge is 0.550 e. The van der Waals surface area contributed by atoms with E-state index in [0.29, 0.717) is 18.0 Å². The third-order valence-electron chi connectivity index (χ3n) is 2.79. The molecule has 7 nitrogen and oxygen atoms in total. The van der Waals surface area contributed by atoms with Gasteiger partial charge in [-0.1, -0.05) is 6.92 Å². The van der Waals surface area contributed by atoms with Crippen molar-refractivity contribution in [2.45, 2.75) is 19.8 Å². The molecule has 0 N–H and O–H groups in total. The van der Waals surface area contributed by atoms with Crippen molar-refractivity contribution in [2.75, 3.05) is 25.1 Å². The Morgan fingerprint density at radius 3 is 2.52 bits per heavy atom. The van der Waals surface area contributed by atoms with Gasteiger partial charge in [0.15, 0.2) is 0 Å². The van der Waals surface area contributed by atoms with E-state index in [4.69, 9.17) is 4.74 Å². The molecule has 110 valence electrons. The number of non-ortho nitro benzene ring substituents is 1. The second-order valence-corrected chi connectivity index (χ2v) is 4.22. The van der Waals surface area contributed by atoms with Gasteiger partial charge < -0.3 is 19.5 Å². The first-order valence-electron chi connectivity index (χ1n) is 6.26. The predicted octanol–water partition coefficient (Wildman–Crippen LogP) is -2.04. The quantitative estimate of drug-likeness (QED) is 0.311. The molecule has 0 aromatic heterocycles. The summed E-state index contributed by atoms with van der Waals surface area (Å²) in [6.07, 6.45) is 0.630. The van der Waals surface area contributed by atoms with E-state index in [1.54, 1.807) is 4.90 Å². The van der Waals surface area contributed by atoms with Crippen molar-refractivity contribution in [2.24, 2.45) is 0 Å². The molecule has 0 aliphatic heterocycles. The van der Waals surface area contributed by atoms with Crippen LogP contribution in [0.2, 0.25) is 0 Å². The van der Waals surface area contributed by atoms with Gasteiger partial charge in [0.05, 0.1) is 17.7 Å². The van der Waals surface area contributed by atoms with Crippen LogP contribution in [0.25, 0.3) is 0 Å². The Bertz CT molecular complexity index is 495. The normalized spacial score (nSPS) is 9.62. The van der Waals surface area contributed by atoms with Gasteiger partial charge in [-0.2, -0.15) is 0 Å². The summed E-state index contributed by atoms with van der Waals surface area (Å²) in [6, 6.07) is 4.25. The number of ether oxygens (including phenoxy) is 1. The molecule has 0 aliphatic rings. The van der Waals surface area contributed by atoms with E-state index in [9.17, 15) is 20.0 Å². The fourth-order valence-corrected chi connectivity index (χ4v) is 1.89.